The Kier molecular flexibility index (Phi) is 4.00. The van der Waals surface area contributed by atoms with E-state index in [1.165, 1.54) is 6.33 Å². The van der Waals surface area contributed by atoms with Gasteiger partial charge in [-0.05, 0) is 36.6 Å². The molecule has 26 heavy (non-hydrogen) atoms. The molecule has 0 amide bonds. The van der Waals surface area contributed by atoms with Crippen molar-refractivity contribution in [3.8, 4) is 0 Å². The number of aliphatic carboxylic acids is 1. The van der Waals surface area contributed by atoms with Gasteiger partial charge in [-0.15, -0.1) is 0 Å². The highest BCUT2D eigenvalue weighted by Crippen LogP contribution is 2.31. The number of imidazole rings is 1. The molecule has 2 heterocycles. The number of carboxylic acids is 1. The van der Waals surface area contributed by atoms with Crippen LogP contribution < -0.4 is 0 Å². The van der Waals surface area contributed by atoms with Gasteiger partial charge in [-0.25, -0.2) is 4.98 Å². The van der Waals surface area contributed by atoms with E-state index in [1.807, 2.05) is 24.8 Å². The van der Waals surface area contributed by atoms with Crippen LogP contribution in [0.15, 0.2) is 24.0 Å². The summed E-state index contributed by atoms with van der Waals surface area (Å²) < 4.78 is 0. The quantitative estimate of drug-likeness (QED) is 0.885. The molecule has 0 saturated carbocycles. The molecule has 1 aromatic carbocycles. The third-order valence-electron chi connectivity index (χ3n) is 5.31. The number of aromatic amines is 1. The van der Waals surface area contributed by atoms with E-state index in [0.717, 1.165) is 27.9 Å². The van der Waals surface area contributed by atoms with Crippen molar-refractivity contribution in [1.82, 2.24) is 14.9 Å². The van der Waals surface area contributed by atoms with Crippen LogP contribution in [-0.2, 0) is 22.4 Å². The number of H-pyrrole nitrogens is 1. The van der Waals surface area contributed by atoms with Crippen molar-refractivity contribution in [3.05, 3.63) is 57.7 Å². The number of aryl methyl sites for hydroxylation is 2. The molecule has 1 unspecified atom stereocenters. The third kappa shape index (κ3) is 2.76. The highest BCUT2D eigenvalue weighted by atomic mass is 16.4. The molecule has 6 nitrogen and oxygen atoms in total. The van der Waals surface area contributed by atoms with Gasteiger partial charge in [0.25, 0.3) is 0 Å². The predicted molar refractivity (Wildman–Crippen MR) is 96.8 cm³/mol. The number of Topliss-reactive ketones (excluding diaryl/α,β-unsaturated/α-hetero) is 1. The van der Waals surface area contributed by atoms with Gasteiger partial charge in [0, 0.05) is 37.2 Å². The van der Waals surface area contributed by atoms with E-state index in [0.29, 0.717) is 37.2 Å². The molecule has 4 rings (SSSR count). The zero-order valence-electron chi connectivity index (χ0n) is 14.9. The fourth-order valence-electron chi connectivity index (χ4n) is 4.06. The van der Waals surface area contributed by atoms with Crippen LogP contribution in [0.25, 0.3) is 6.08 Å². The normalized spacial score (nSPS) is 19.7. The van der Waals surface area contributed by atoms with Gasteiger partial charge in [-0.1, -0.05) is 17.7 Å². The highest BCUT2D eigenvalue weighted by Gasteiger charge is 2.36. The Balaban J connectivity index is 1.67. The molecule has 0 bridgehead atoms. The number of carbonyl (C=O) groups is 2. The molecule has 0 spiro atoms. The lowest BCUT2D eigenvalue weighted by Gasteiger charge is -2.33. The topological polar surface area (TPSA) is 86.3 Å². The molecule has 1 aliphatic heterocycles. The first-order chi connectivity index (χ1) is 12.4. The van der Waals surface area contributed by atoms with Crippen LogP contribution in [0.2, 0.25) is 0 Å². The number of nitrogens with zero attached hydrogens (tertiary/aromatic N) is 2. The average Bonchev–Trinajstić information content (AvgIpc) is 3.04. The van der Waals surface area contributed by atoms with Crippen LogP contribution in [0, 0.1) is 13.8 Å². The minimum atomic E-state index is -0.936. The summed E-state index contributed by atoms with van der Waals surface area (Å²) in [5.74, 6) is -0.865. The van der Waals surface area contributed by atoms with E-state index < -0.39 is 12.0 Å². The zero-order chi connectivity index (χ0) is 18.4. The van der Waals surface area contributed by atoms with Gasteiger partial charge < -0.3 is 10.1 Å². The van der Waals surface area contributed by atoms with Gasteiger partial charge >= 0.3 is 5.97 Å². The lowest BCUT2D eigenvalue weighted by atomic mass is 9.86. The minimum absolute atomic E-state index is 0.0708. The van der Waals surface area contributed by atoms with Gasteiger partial charge in [0.05, 0.1) is 12.0 Å². The monoisotopic (exact) mass is 351 g/mol. The van der Waals surface area contributed by atoms with Gasteiger partial charge in [-0.2, -0.15) is 0 Å². The number of benzene rings is 1. The number of nitrogens with one attached hydrogen (secondary N) is 1. The van der Waals surface area contributed by atoms with Crippen molar-refractivity contribution in [3.63, 3.8) is 0 Å². The first-order valence-corrected chi connectivity index (χ1v) is 8.77. The highest BCUT2D eigenvalue weighted by molar-refractivity contribution is 6.04. The molecule has 2 N–H and O–H groups in total. The summed E-state index contributed by atoms with van der Waals surface area (Å²) in [7, 11) is 0. The standard InChI is InChI=1S/C20H21N3O3/c1-11-5-12(2)15-8-17(24)14(7-13(15)6-11)9-23-4-3-16-18(22-10-21-16)19(23)20(25)26/h5-7,10,19H,3-4,8-9H2,1-2H3,(H,21,22)(H,25,26). The average molecular weight is 351 g/mol. The van der Waals surface area contributed by atoms with Crippen LogP contribution in [0.5, 0.6) is 0 Å². The number of hydrogen-bond acceptors (Lipinski definition) is 4. The van der Waals surface area contributed by atoms with Crippen LogP contribution >= 0.6 is 0 Å². The maximum Gasteiger partial charge on any atom is 0.327 e. The predicted octanol–water partition coefficient (Wildman–Crippen LogP) is 2.22. The number of hydrogen-bond donors (Lipinski definition) is 2. The Morgan fingerprint density at radius 2 is 2.19 bits per heavy atom. The fraction of sp³-hybridized carbons (Fsp3) is 0.350. The molecule has 1 aromatic heterocycles. The van der Waals surface area contributed by atoms with Crippen molar-refractivity contribution in [2.45, 2.75) is 32.7 Å². The van der Waals surface area contributed by atoms with Crippen molar-refractivity contribution >= 4 is 17.8 Å². The molecule has 2 aliphatic rings. The molecule has 6 heteroatoms. The second-order valence-electron chi connectivity index (χ2n) is 7.15. The summed E-state index contributed by atoms with van der Waals surface area (Å²) in [5, 5.41) is 9.70. The molecule has 0 radical (unpaired) electrons. The summed E-state index contributed by atoms with van der Waals surface area (Å²) >= 11 is 0. The lowest BCUT2D eigenvalue weighted by molar-refractivity contribution is -0.144. The number of aromatic nitrogens is 2. The lowest BCUT2D eigenvalue weighted by Crippen LogP contribution is -2.42. The summed E-state index contributed by atoms with van der Waals surface area (Å²) in [6.45, 7) is 4.98. The third-order valence-corrected chi connectivity index (χ3v) is 5.31. The minimum Gasteiger partial charge on any atom is -0.480 e. The number of ketones is 1. The number of carboxylic acid groups (broad SMARTS) is 1. The summed E-state index contributed by atoms with van der Waals surface area (Å²) in [5.41, 5.74) is 6.54. The number of fused-ring (bicyclic) bond motifs is 2. The molecule has 1 atom stereocenters. The molecule has 0 fully saturated rings. The van der Waals surface area contributed by atoms with E-state index >= 15 is 0 Å². The van der Waals surface area contributed by atoms with Gasteiger partial charge in [0.1, 0.15) is 0 Å². The largest absolute Gasteiger partial charge is 0.480 e. The summed E-state index contributed by atoms with van der Waals surface area (Å²) in [4.78, 5) is 33.6. The van der Waals surface area contributed by atoms with E-state index in [1.54, 1.807) is 0 Å². The first kappa shape index (κ1) is 16.7. The molecular formula is C20H21N3O3. The van der Waals surface area contributed by atoms with Gasteiger partial charge in [0.15, 0.2) is 11.8 Å². The van der Waals surface area contributed by atoms with Crippen molar-refractivity contribution in [2.24, 2.45) is 0 Å². The van der Waals surface area contributed by atoms with Crippen LogP contribution in [0.1, 0.15) is 39.7 Å². The van der Waals surface area contributed by atoms with E-state index in [-0.39, 0.29) is 5.78 Å². The summed E-state index contributed by atoms with van der Waals surface area (Å²) in [6.07, 6.45) is 4.55. The Morgan fingerprint density at radius 3 is 2.96 bits per heavy atom. The molecule has 1 aliphatic carbocycles. The maximum absolute atomic E-state index is 12.7. The second kappa shape index (κ2) is 6.21. The fourth-order valence-corrected chi connectivity index (χ4v) is 4.06. The Hall–Kier alpha value is -2.73. The Labute approximate surface area is 151 Å². The van der Waals surface area contributed by atoms with Gasteiger partial charge in [0.2, 0.25) is 0 Å². The van der Waals surface area contributed by atoms with Crippen LogP contribution in [-0.4, -0.2) is 44.8 Å². The molecule has 0 saturated heterocycles. The SMILES string of the molecule is Cc1cc(C)c2c(c1)C=C(CN1CCc3[nH]cnc3C1C(=O)O)C(=O)C2. The Bertz CT molecular complexity index is 942. The van der Waals surface area contributed by atoms with Crippen LogP contribution in [0.4, 0.5) is 0 Å². The second-order valence-corrected chi connectivity index (χ2v) is 7.15. The smallest absolute Gasteiger partial charge is 0.327 e. The Morgan fingerprint density at radius 1 is 1.38 bits per heavy atom. The number of rotatable bonds is 3. The summed E-state index contributed by atoms with van der Waals surface area (Å²) in [6, 6.07) is 3.36. The molecule has 2 aromatic rings. The van der Waals surface area contributed by atoms with Crippen molar-refractivity contribution in [1.29, 1.82) is 0 Å². The van der Waals surface area contributed by atoms with E-state index in [9.17, 15) is 14.7 Å². The van der Waals surface area contributed by atoms with Gasteiger partial charge in [-0.3, -0.25) is 14.5 Å². The zero-order valence-corrected chi connectivity index (χ0v) is 14.9. The molecular weight excluding hydrogens is 330 g/mol. The van der Waals surface area contributed by atoms with Crippen LogP contribution in [0.3, 0.4) is 0 Å². The first-order valence-electron chi connectivity index (χ1n) is 8.77. The van der Waals surface area contributed by atoms with Crippen molar-refractivity contribution < 1.29 is 14.7 Å². The maximum atomic E-state index is 12.7. The van der Waals surface area contributed by atoms with Crippen molar-refractivity contribution in [2.75, 3.05) is 13.1 Å². The number of carbonyl (C=O) groups excluding carboxylic acids is 1. The van der Waals surface area contributed by atoms with E-state index in [4.69, 9.17) is 0 Å². The van der Waals surface area contributed by atoms with E-state index in [2.05, 4.69) is 22.1 Å². The molecule has 134 valence electrons.